The average Bonchev–Trinajstić information content (AvgIpc) is 3.02. The van der Waals surface area contributed by atoms with E-state index in [1.165, 1.54) is 21.9 Å². The predicted molar refractivity (Wildman–Crippen MR) is 173 cm³/mol. The Hall–Kier alpha value is -3.89. The molecule has 0 unspecified atom stereocenters. The van der Waals surface area contributed by atoms with E-state index in [1.807, 2.05) is 0 Å². The molecule has 0 aliphatic rings. The Kier molecular flexibility index (Phi) is 11.5. The van der Waals surface area contributed by atoms with Crippen molar-refractivity contribution < 1.29 is 14.0 Å². The van der Waals surface area contributed by atoms with Crippen molar-refractivity contribution in [1.82, 2.24) is 0 Å². The van der Waals surface area contributed by atoms with Crippen LogP contribution < -0.4 is 21.9 Å². The van der Waals surface area contributed by atoms with Crippen LogP contribution in [0, 0.1) is 0 Å². The number of benzene rings is 4. The van der Waals surface area contributed by atoms with E-state index < -0.39 is 6.15 Å². The van der Waals surface area contributed by atoms with Crippen LogP contribution in [0.25, 0.3) is 0 Å². The molecule has 208 valence electrons. The van der Waals surface area contributed by atoms with Gasteiger partial charge in [0.1, 0.15) is 6.15 Å². The van der Waals surface area contributed by atoms with Gasteiger partial charge in [0.25, 0.3) is 0 Å². The molecule has 40 heavy (non-hydrogen) atoms. The van der Waals surface area contributed by atoms with Gasteiger partial charge in [-0.3, -0.25) is 0 Å². The summed E-state index contributed by atoms with van der Waals surface area (Å²) in [4.78, 5) is 11.1. The third kappa shape index (κ3) is 7.61. The Morgan fingerprint density at radius 1 is 0.675 bits per heavy atom. The second kappa shape index (κ2) is 15.0. The molecule has 0 aromatic heterocycles. The minimum Gasteiger partial charge on any atom is -0.462 e. The maximum absolute atomic E-state index is 11.1. The SMILES string of the molecule is C=C(C)C(=O)OCCC[N+](C)(CC)CC.c1ccc([B-](c2ccccc2)(c2ccccc2)c2ccccc2)cc1. The van der Waals surface area contributed by atoms with Gasteiger partial charge in [0, 0.05) is 12.0 Å². The van der Waals surface area contributed by atoms with E-state index in [4.69, 9.17) is 4.74 Å². The Labute approximate surface area is 241 Å². The van der Waals surface area contributed by atoms with Crippen LogP contribution in [0.3, 0.4) is 0 Å². The lowest BCUT2D eigenvalue weighted by Crippen LogP contribution is -2.74. The second-order valence-electron chi connectivity index (χ2n) is 10.8. The topological polar surface area (TPSA) is 26.3 Å². The van der Waals surface area contributed by atoms with Crippen molar-refractivity contribution >= 4 is 34.0 Å². The molecule has 0 N–H and O–H groups in total. The molecule has 0 aliphatic carbocycles. The van der Waals surface area contributed by atoms with Crippen molar-refractivity contribution in [2.75, 3.05) is 33.3 Å². The van der Waals surface area contributed by atoms with Crippen molar-refractivity contribution in [1.29, 1.82) is 0 Å². The molecule has 0 fully saturated rings. The molecule has 0 amide bonds. The number of rotatable bonds is 11. The van der Waals surface area contributed by atoms with Gasteiger partial charge in [-0.2, -0.15) is 21.9 Å². The monoisotopic (exact) mass is 533 g/mol. The summed E-state index contributed by atoms with van der Waals surface area (Å²) in [7, 11) is 2.22. The largest absolute Gasteiger partial charge is 0.462 e. The molecule has 0 radical (unpaired) electrons. The van der Waals surface area contributed by atoms with E-state index >= 15 is 0 Å². The van der Waals surface area contributed by atoms with Crippen molar-refractivity contribution in [2.45, 2.75) is 27.2 Å². The molecule has 0 heterocycles. The summed E-state index contributed by atoms with van der Waals surface area (Å²) < 4.78 is 6.07. The minimum atomic E-state index is -1.22. The predicted octanol–water partition coefficient (Wildman–Crippen LogP) is 5.05. The van der Waals surface area contributed by atoms with E-state index in [1.54, 1.807) is 6.92 Å². The Morgan fingerprint density at radius 3 is 1.27 bits per heavy atom. The zero-order valence-corrected chi connectivity index (χ0v) is 24.6. The molecule has 4 rings (SSSR count). The van der Waals surface area contributed by atoms with Gasteiger partial charge in [0.05, 0.1) is 33.3 Å². The zero-order valence-electron chi connectivity index (χ0n) is 24.6. The quantitative estimate of drug-likeness (QED) is 0.0888. The van der Waals surface area contributed by atoms with Crippen LogP contribution in [0.2, 0.25) is 0 Å². The highest BCUT2D eigenvalue weighted by molar-refractivity contribution is 7.19. The van der Waals surface area contributed by atoms with Crippen LogP contribution in [0.4, 0.5) is 0 Å². The van der Waals surface area contributed by atoms with Crippen LogP contribution in [0.15, 0.2) is 133 Å². The second-order valence-corrected chi connectivity index (χ2v) is 10.8. The molecule has 0 saturated carbocycles. The van der Waals surface area contributed by atoms with Crippen LogP contribution in [-0.4, -0.2) is 49.9 Å². The Bertz CT molecular complexity index is 1140. The number of esters is 1. The van der Waals surface area contributed by atoms with E-state index in [0.29, 0.717) is 12.2 Å². The van der Waals surface area contributed by atoms with Crippen LogP contribution in [0.1, 0.15) is 27.2 Å². The molecule has 4 aromatic rings. The van der Waals surface area contributed by atoms with Gasteiger partial charge in [-0.25, -0.2) is 4.79 Å². The van der Waals surface area contributed by atoms with Crippen molar-refractivity contribution in [3.8, 4) is 0 Å². The maximum Gasteiger partial charge on any atom is 0.333 e. The summed E-state index contributed by atoms with van der Waals surface area (Å²) in [5.41, 5.74) is 5.83. The maximum atomic E-state index is 11.1. The van der Waals surface area contributed by atoms with Crippen LogP contribution in [-0.2, 0) is 9.53 Å². The molecule has 4 aromatic carbocycles. The first kappa shape index (κ1) is 30.7. The van der Waals surface area contributed by atoms with E-state index in [-0.39, 0.29) is 5.97 Å². The lowest BCUT2D eigenvalue weighted by molar-refractivity contribution is -0.906. The van der Waals surface area contributed by atoms with Crippen molar-refractivity contribution in [2.24, 2.45) is 0 Å². The molecule has 0 atom stereocenters. The molecular weight excluding hydrogens is 489 g/mol. The standard InChI is InChI=1S/C24H20B.C12H24NO2/c1-5-13-21(14-6-1)25(22-15-7-2-8-16-22,23-17-9-3-10-18-23)24-19-11-4-12-20-24;1-6-13(5,7-2)9-8-10-15-12(14)11(3)4/h1-20H;3,6-10H2,1-2,4-5H3/q-1;+1. The minimum absolute atomic E-state index is 0.280. The molecule has 3 nitrogen and oxygen atoms in total. The first-order valence-corrected chi connectivity index (χ1v) is 14.4. The normalized spacial score (nSPS) is 11.2. The molecule has 0 bridgehead atoms. The fourth-order valence-electron chi connectivity index (χ4n) is 5.40. The molecule has 0 spiro atoms. The molecular formula is C36H44BNO2. The number of hydrogen-bond acceptors (Lipinski definition) is 2. The van der Waals surface area contributed by atoms with E-state index in [2.05, 4.69) is 149 Å². The summed E-state index contributed by atoms with van der Waals surface area (Å²) >= 11 is 0. The van der Waals surface area contributed by atoms with Crippen LogP contribution >= 0.6 is 0 Å². The van der Waals surface area contributed by atoms with Gasteiger partial charge < -0.3 is 9.22 Å². The number of quaternary nitrogens is 1. The number of nitrogens with zero attached hydrogens (tertiary/aromatic N) is 1. The van der Waals surface area contributed by atoms with Gasteiger partial charge in [0.15, 0.2) is 0 Å². The Morgan fingerprint density at radius 2 is 1.00 bits per heavy atom. The van der Waals surface area contributed by atoms with Gasteiger partial charge in [-0.1, -0.05) is 128 Å². The van der Waals surface area contributed by atoms with Gasteiger partial charge >= 0.3 is 5.97 Å². The highest BCUT2D eigenvalue weighted by Gasteiger charge is 2.31. The lowest BCUT2D eigenvalue weighted by Gasteiger charge is -2.44. The van der Waals surface area contributed by atoms with Gasteiger partial charge in [0.2, 0.25) is 0 Å². The van der Waals surface area contributed by atoms with Crippen LogP contribution in [0.5, 0.6) is 0 Å². The third-order valence-electron chi connectivity index (χ3n) is 8.15. The summed E-state index contributed by atoms with van der Waals surface area (Å²) in [6.45, 7) is 13.4. The number of carbonyl (C=O) groups excluding carboxylic acids is 1. The fourth-order valence-corrected chi connectivity index (χ4v) is 5.40. The first-order valence-electron chi connectivity index (χ1n) is 14.4. The molecule has 0 saturated heterocycles. The fraction of sp³-hybridized carbons (Fsp3) is 0.250. The number of hydrogen-bond donors (Lipinski definition) is 0. The van der Waals surface area contributed by atoms with Crippen molar-refractivity contribution in [3.63, 3.8) is 0 Å². The molecule has 0 aliphatic heterocycles. The van der Waals surface area contributed by atoms with E-state index in [9.17, 15) is 4.79 Å². The number of carbonyl (C=O) groups is 1. The highest BCUT2D eigenvalue weighted by atomic mass is 16.5. The van der Waals surface area contributed by atoms with Gasteiger partial charge in [-0.05, 0) is 20.8 Å². The van der Waals surface area contributed by atoms with Crippen molar-refractivity contribution in [3.05, 3.63) is 133 Å². The summed E-state index contributed by atoms with van der Waals surface area (Å²) in [6.07, 6.45) is -0.302. The third-order valence-corrected chi connectivity index (χ3v) is 8.15. The smallest absolute Gasteiger partial charge is 0.333 e. The first-order chi connectivity index (χ1) is 19.4. The summed E-state index contributed by atoms with van der Waals surface area (Å²) in [5, 5.41) is 0. The summed E-state index contributed by atoms with van der Waals surface area (Å²) in [6, 6.07) is 43.5. The average molecular weight is 534 g/mol. The van der Waals surface area contributed by atoms with E-state index in [0.717, 1.165) is 30.5 Å². The number of ether oxygens (including phenoxy) is 1. The highest BCUT2D eigenvalue weighted by Crippen LogP contribution is 2.09. The zero-order chi connectivity index (χ0) is 28.8. The lowest BCUT2D eigenvalue weighted by atomic mass is 9.13. The molecule has 4 heteroatoms. The van der Waals surface area contributed by atoms with Gasteiger partial charge in [-0.15, -0.1) is 0 Å². The Balaban J connectivity index is 0.000000255. The summed E-state index contributed by atoms with van der Waals surface area (Å²) in [5.74, 6) is -0.280.